The maximum Gasteiger partial charge on any atom is 0.405 e. The highest BCUT2D eigenvalue weighted by Gasteiger charge is 2.28. The zero-order valence-corrected chi connectivity index (χ0v) is 12.2. The second kappa shape index (κ2) is 7.99. The summed E-state index contributed by atoms with van der Waals surface area (Å²) in [6, 6.07) is 2.66. The van der Waals surface area contributed by atoms with Gasteiger partial charge in [-0.05, 0) is 18.0 Å². The van der Waals surface area contributed by atoms with Crippen molar-refractivity contribution in [1.29, 1.82) is 0 Å². The maximum atomic E-state index is 11.9. The lowest BCUT2D eigenvalue weighted by atomic mass is 10.4. The molecule has 0 unspecified atom stereocenters. The summed E-state index contributed by atoms with van der Waals surface area (Å²) in [4.78, 5) is 25.5. The van der Waals surface area contributed by atoms with Crippen molar-refractivity contribution >= 4 is 23.3 Å². The molecule has 0 fully saturated rings. The second-order valence-electron chi connectivity index (χ2n) is 4.23. The fourth-order valence-corrected chi connectivity index (χ4v) is 2.24. The van der Waals surface area contributed by atoms with E-state index in [1.54, 1.807) is 21.6 Å². The van der Waals surface area contributed by atoms with Crippen molar-refractivity contribution in [3.63, 3.8) is 0 Å². The minimum absolute atomic E-state index is 0.0617. The van der Waals surface area contributed by atoms with Gasteiger partial charge in [0.1, 0.15) is 6.54 Å². The van der Waals surface area contributed by atoms with Gasteiger partial charge in [-0.1, -0.05) is 13.0 Å². The average molecular weight is 323 g/mol. The average Bonchev–Trinajstić information content (AvgIpc) is 2.87. The van der Waals surface area contributed by atoms with Gasteiger partial charge >= 0.3 is 12.2 Å². The van der Waals surface area contributed by atoms with Crippen LogP contribution >= 0.6 is 11.3 Å². The molecule has 0 radical (unpaired) electrons. The number of amides is 3. The molecule has 1 aromatic rings. The topological polar surface area (TPSA) is 61.4 Å². The zero-order chi connectivity index (χ0) is 15.9. The summed E-state index contributed by atoms with van der Waals surface area (Å²) < 4.78 is 35.7. The molecule has 0 aliphatic rings. The first-order chi connectivity index (χ1) is 9.80. The fourth-order valence-electron chi connectivity index (χ4n) is 1.50. The normalized spacial score (nSPS) is 11.5. The molecule has 3 amide bonds. The summed E-state index contributed by atoms with van der Waals surface area (Å²) in [5.41, 5.74) is 0. The van der Waals surface area contributed by atoms with Gasteiger partial charge in [0, 0.05) is 11.4 Å². The lowest BCUT2D eigenvalue weighted by Crippen LogP contribution is -2.46. The number of halogens is 3. The molecule has 5 nitrogen and oxygen atoms in total. The van der Waals surface area contributed by atoms with Gasteiger partial charge in [-0.25, -0.2) is 4.79 Å². The van der Waals surface area contributed by atoms with E-state index in [4.69, 9.17) is 0 Å². The van der Waals surface area contributed by atoms with E-state index in [0.717, 1.165) is 4.88 Å². The number of urea groups is 1. The first-order valence-electron chi connectivity index (χ1n) is 6.19. The molecule has 0 aromatic carbocycles. The van der Waals surface area contributed by atoms with Crippen LogP contribution < -0.4 is 10.6 Å². The smallest absolute Gasteiger partial charge is 0.329 e. The number of rotatable bonds is 6. The lowest BCUT2D eigenvalue weighted by Gasteiger charge is -2.18. The Balaban J connectivity index is 2.35. The Morgan fingerprint density at radius 3 is 2.62 bits per heavy atom. The van der Waals surface area contributed by atoms with Crippen molar-refractivity contribution in [2.45, 2.75) is 19.6 Å². The highest BCUT2D eigenvalue weighted by Crippen LogP contribution is 2.12. The van der Waals surface area contributed by atoms with Gasteiger partial charge in [-0.3, -0.25) is 15.0 Å². The van der Waals surface area contributed by atoms with E-state index < -0.39 is 24.7 Å². The highest BCUT2D eigenvalue weighted by molar-refractivity contribution is 7.09. The molecular weight excluding hydrogens is 307 g/mol. The van der Waals surface area contributed by atoms with Gasteiger partial charge in [0.25, 0.3) is 0 Å². The fraction of sp³-hybridized carbons (Fsp3) is 0.500. The number of hydrogen-bond donors (Lipinski definition) is 2. The Kier molecular flexibility index (Phi) is 6.63. The minimum Gasteiger partial charge on any atom is -0.329 e. The number of likely N-dealkylation sites (N-methyl/N-ethyl adjacent to an activating group) is 1. The minimum atomic E-state index is -4.50. The van der Waals surface area contributed by atoms with Gasteiger partial charge in [0.15, 0.2) is 0 Å². The van der Waals surface area contributed by atoms with Crippen LogP contribution in [0.4, 0.5) is 18.0 Å². The van der Waals surface area contributed by atoms with E-state index in [-0.39, 0.29) is 6.54 Å². The molecule has 21 heavy (non-hydrogen) atoms. The Morgan fingerprint density at radius 2 is 2.10 bits per heavy atom. The molecule has 0 bridgehead atoms. The molecule has 0 aliphatic heterocycles. The quantitative estimate of drug-likeness (QED) is 0.841. The molecule has 0 spiro atoms. The van der Waals surface area contributed by atoms with Crippen molar-refractivity contribution in [2.24, 2.45) is 0 Å². The van der Waals surface area contributed by atoms with Gasteiger partial charge in [0.05, 0.1) is 6.54 Å². The van der Waals surface area contributed by atoms with Gasteiger partial charge < -0.3 is 5.32 Å². The molecule has 1 aromatic heterocycles. The molecule has 118 valence electrons. The Bertz CT molecular complexity index is 463. The van der Waals surface area contributed by atoms with E-state index in [1.165, 1.54) is 0 Å². The predicted molar refractivity (Wildman–Crippen MR) is 72.9 cm³/mol. The third-order valence-corrected chi connectivity index (χ3v) is 3.34. The van der Waals surface area contributed by atoms with Crippen LogP contribution in [0.25, 0.3) is 0 Å². The highest BCUT2D eigenvalue weighted by atomic mass is 32.1. The number of imide groups is 1. The third kappa shape index (κ3) is 7.66. The Hall–Kier alpha value is -1.61. The first kappa shape index (κ1) is 17.4. The third-order valence-electron chi connectivity index (χ3n) is 2.48. The standard InChI is InChI=1S/C12H16F3N3O2S/c1-2-18(6-9-4-3-5-21-9)7-10(19)17-11(20)16-8-12(13,14)15/h3-5H,2,6-8H2,1H3,(H2,16,17,19,20). The molecule has 0 saturated carbocycles. The molecule has 1 heterocycles. The molecule has 2 N–H and O–H groups in total. The van der Waals surface area contributed by atoms with Crippen LogP contribution in [0.5, 0.6) is 0 Å². The number of alkyl halides is 3. The monoisotopic (exact) mass is 323 g/mol. The van der Waals surface area contributed by atoms with Gasteiger partial charge in [0.2, 0.25) is 5.91 Å². The summed E-state index contributed by atoms with van der Waals surface area (Å²) in [5.74, 6) is -0.645. The van der Waals surface area contributed by atoms with E-state index in [9.17, 15) is 22.8 Å². The number of thiophene rings is 1. The van der Waals surface area contributed by atoms with Gasteiger partial charge in [-0.15, -0.1) is 11.3 Å². The van der Waals surface area contributed by atoms with Crippen molar-refractivity contribution in [1.82, 2.24) is 15.5 Å². The van der Waals surface area contributed by atoms with Crippen molar-refractivity contribution in [3.05, 3.63) is 22.4 Å². The zero-order valence-electron chi connectivity index (χ0n) is 11.4. The van der Waals surface area contributed by atoms with Crippen LogP contribution in [-0.2, 0) is 11.3 Å². The SMILES string of the molecule is CCN(CC(=O)NC(=O)NCC(F)(F)F)Cc1cccs1. The van der Waals surface area contributed by atoms with E-state index in [0.29, 0.717) is 13.1 Å². The molecule has 0 atom stereocenters. The molecular formula is C12H16F3N3O2S. The maximum absolute atomic E-state index is 11.9. The summed E-state index contributed by atoms with van der Waals surface area (Å²) in [6.45, 7) is 1.44. The molecule has 9 heteroatoms. The summed E-state index contributed by atoms with van der Waals surface area (Å²) in [7, 11) is 0. The van der Waals surface area contributed by atoms with Crippen LogP contribution in [0.2, 0.25) is 0 Å². The van der Waals surface area contributed by atoms with Crippen molar-refractivity contribution < 1.29 is 22.8 Å². The van der Waals surface area contributed by atoms with Crippen LogP contribution in [0.15, 0.2) is 17.5 Å². The van der Waals surface area contributed by atoms with Crippen LogP contribution in [0.3, 0.4) is 0 Å². The van der Waals surface area contributed by atoms with E-state index in [1.807, 2.05) is 29.8 Å². The largest absolute Gasteiger partial charge is 0.405 e. The predicted octanol–water partition coefficient (Wildman–Crippen LogP) is 1.96. The summed E-state index contributed by atoms with van der Waals surface area (Å²) >= 11 is 1.54. The lowest BCUT2D eigenvalue weighted by molar-refractivity contribution is -0.125. The number of nitrogens with one attached hydrogen (secondary N) is 2. The second-order valence-corrected chi connectivity index (χ2v) is 5.26. The van der Waals surface area contributed by atoms with Crippen molar-refractivity contribution in [2.75, 3.05) is 19.6 Å². The molecule has 0 aliphatic carbocycles. The van der Waals surface area contributed by atoms with E-state index in [2.05, 4.69) is 0 Å². The number of carbonyl (C=O) groups is 2. The Labute approximate surface area is 124 Å². The van der Waals surface area contributed by atoms with Gasteiger partial charge in [-0.2, -0.15) is 13.2 Å². The molecule has 0 saturated heterocycles. The number of carbonyl (C=O) groups excluding carboxylic acids is 2. The van der Waals surface area contributed by atoms with E-state index >= 15 is 0 Å². The first-order valence-corrected chi connectivity index (χ1v) is 7.07. The van der Waals surface area contributed by atoms with Crippen LogP contribution in [0, 0.1) is 0 Å². The number of nitrogens with zero attached hydrogens (tertiary/aromatic N) is 1. The molecule has 1 rings (SSSR count). The van der Waals surface area contributed by atoms with Crippen molar-refractivity contribution in [3.8, 4) is 0 Å². The summed E-state index contributed by atoms with van der Waals surface area (Å²) in [5, 5.41) is 5.36. The number of hydrogen-bond acceptors (Lipinski definition) is 4. The summed E-state index contributed by atoms with van der Waals surface area (Å²) in [6.07, 6.45) is -4.50. The van der Waals surface area contributed by atoms with Crippen LogP contribution in [-0.4, -0.2) is 42.6 Å². The Morgan fingerprint density at radius 1 is 1.38 bits per heavy atom. The van der Waals surface area contributed by atoms with Crippen LogP contribution in [0.1, 0.15) is 11.8 Å².